The van der Waals surface area contributed by atoms with Gasteiger partial charge < -0.3 is 15.2 Å². The van der Waals surface area contributed by atoms with Crippen LogP contribution in [0.15, 0.2) is 35.1 Å². The zero-order chi connectivity index (χ0) is 19.1. The Labute approximate surface area is 154 Å². The van der Waals surface area contributed by atoms with Gasteiger partial charge in [-0.2, -0.15) is 5.10 Å². The molecule has 0 saturated carbocycles. The lowest BCUT2D eigenvalue weighted by Crippen LogP contribution is -2.26. The fourth-order valence-electron chi connectivity index (χ4n) is 2.07. The van der Waals surface area contributed by atoms with Crippen molar-refractivity contribution in [3.63, 3.8) is 0 Å². The van der Waals surface area contributed by atoms with Gasteiger partial charge in [0.15, 0.2) is 6.61 Å². The molecule has 1 aromatic carbocycles. The predicted molar refractivity (Wildman–Crippen MR) is 95.9 cm³/mol. The Balaban J connectivity index is 2.11. The normalized spacial score (nSPS) is 10.4. The second kappa shape index (κ2) is 9.00. The first kappa shape index (κ1) is 19.5. The van der Waals surface area contributed by atoms with E-state index in [9.17, 15) is 14.4 Å². The number of carboxylic acids is 1. The van der Waals surface area contributed by atoms with Crippen molar-refractivity contribution in [1.29, 1.82) is 0 Å². The van der Waals surface area contributed by atoms with Crippen LogP contribution in [0.4, 0.5) is 5.69 Å². The average molecular weight is 380 g/mol. The molecule has 0 aliphatic carbocycles. The number of nitrogens with one attached hydrogen (secondary N) is 1. The quantitative estimate of drug-likeness (QED) is 0.728. The lowest BCUT2D eigenvalue weighted by Gasteiger charge is -2.10. The number of aryl methyl sites for hydroxylation is 1. The van der Waals surface area contributed by atoms with Gasteiger partial charge in [-0.05, 0) is 30.7 Å². The molecule has 0 radical (unpaired) electrons. The molecule has 0 unspecified atom stereocenters. The van der Waals surface area contributed by atoms with E-state index >= 15 is 0 Å². The van der Waals surface area contributed by atoms with E-state index in [0.29, 0.717) is 12.2 Å². The molecule has 0 saturated heterocycles. The van der Waals surface area contributed by atoms with Crippen LogP contribution in [0.1, 0.15) is 30.3 Å². The molecular formula is C17H18ClN3O5. The van der Waals surface area contributed by atoms with Crippen LogP contribution in [-0.2, 0) is 11.3 Å². The summed E-state index contributed by atoms with van der Waals surface area (Å²) in [6.07, 6.45) is 1.69. The minimum Gasteiger partial charge on any atom is -0.480 e. The Morgan fingerprint density at radius 3 is 2.73 bits per heavy atom. The summed E-state index contributed by atoms with van der Waals surface area (Å²) in [5.41, 5.74) is 0.219. The van der Waals surface area contributed by atoms with E-state index in [1.807, 2.05) is 6.92 Å². The fraction of sp³-hybridized carbons (Fsp3) is 0.294. The van der Waals surface area contributed by atoms with Gasteiger partial charge in [-0.15, -0.1) is 0 Å². The largest absolute Gasteiger partial charge is 0.480 e. The number of anilines is 1. The van der Waals surface area contributed by atoms with Crippen LogP contribution in [0.2, 0.25) is 5.02 Å². The molecule has 0 fully saturated rings. The number of carbonyl (C=O) groups excluding carboxylic acids is 1. The number of unbranched alkanes of at least 4 members (excludes halogenated alkanes) is 1. The van der Waals surface area contributed by atoms with E-state index in [1.54, 1.807) is 0 Å². The molecule has 2 N–H and O–H groups in total. The van der Waals surface area contributed by atoms with E-state index in [4.69, 9.17) is 21.4 Å². The first-order chi connectivity index (χ1) is 12.4. The van der Waals surface area contributed by atoms with Crippen LogP contribution < -0.4 is 15.6 Å². The monoisotopic (exact) mass is 379 g/mol. The summed E-state index contributed by atoms with van der Waals surface area (Å²) in [4.78, 5) is 34.6. The summed E-state index contributed by atoms with van der Waals surface area (Å²) in [5, 5.41) is 15.4. The van der Waals surface area contributed by atoms with Crippen LogP contribution in [0.3, 0.4) is 0 Å². The van der Waals surface area contributed by atoms with Crippen molar-refractivity contribution in [3.8, 4) is 5.75 Å². The molecule has 2 aromatic rings. The van der Waals surface area contributed by atoms with Gasteiger partial charge in [-0.3, -0.25) is 9.59 Å². The number of benzene rings is 1. The first-order valence-corrected chi connectivity index (χ1v) is 8.32. The summed E-state index contributed by atoms with van der Waals surface area (Å²) >= 11 is 6.02. The van der Waals surface area contributed by atoms with Gasteiger partial charge >= 0.3 is 5.97 Å². The Bertz CT molecular complexity index is 866. The van der Waals surface area contributed by atoms with Crippen molar-refractivity contribution < 1.29 is 19.4 Å². The molecule has 1 aromatic heterocycles. The van der Waals surface area contributed by atoms with Crippen molar-refractivity contribution in [2.75, 3.05) is 11.9 Å². The van der Waals surface area contributed by atoms with Gasteiger partial charge in [-0.1, -0.05) is 24.9 Å². The lowest BCUT2D eigenvalue weighted by atomic mass is 10.2. The molecule has 0 aliphatic rings. The van der Waals surface area contributed by atoms with E-state index in [1.165, 1.54) is 35.0 Å². The van der Waals surface area contributed by atoms with Crippen LogP contribution in [0.25, 0.3) is 0 Å². The highest BCUT2D eigenvalue weighted by Crippen LogP contribution is 2.27. The number of carbonyl (C=O) groups is 2. The lowest BCUT2D eigenvalue weighted by molar-refractivity contribution is -0.139. The average Bonchev–Trinajstić information content (AvgIpc) is 2.60. The molecule has 138 valence electrons. The van der Waals surface area contributed by atoms with E-state index < -0.39 is 18.5 Å². The number of aromatic nitrogens is 2. The van der Waals surface area contributed by atoms with Gasteiger partial charge in [0.1, 0.15) is 11.4 Å². The molecule has 0 atom stereocenters. The van der Waals surface area contributed by atoms with Crippen molar-refractivity contribution in [1.82, 2.24) is 9.78 Å². The third kappa shape index (κ3) is 5.32. The summed E-state index contributed by atoms with van der Waals surface area (Å²) in [6.45, 7) is 1.92. The number of carboxylic acid groups (broad SMARTS) is 1. The smallest absolute Gasteiger partial charge is 0.341 e. The van der Waals surface area contributed by atoms with Gasteiger partial charge in [0, 0.05) is 18.3 Å². The van der Waals surface area contributed by atoms with Crippen LogP contribution in [0, 0.1) is 0 Å². The maximum absolute atomic E-state index is 12.3. The summed E-state index contributed by atoms with van der Waals surface area (Å²) in [6, 6.07) is 7.06. The van der Waals surface area contributed by atoms with Gasteiger partial charge in [0.2, 0.25) is 0 Å². The van der Waals surface area contributed by atoms with Crippen molar-refractivity contribution in [3.05, 3.63) is 51.4 Å². The number of aliphatic carboxylic acids is 1. The highest BCUT2D eigenvalue weighted by atomic mass is 35.5. The van der Waals surface area contributed by atoms with Crippen molar-refractivity contribution in [2.45, 2.75) is 26.3 Å². The maximum Gasteiger partial charge on any atom is 0.341 e. The van der Waals surface area contributed by atoms with E-state index in [0.717, 1.165) is 12.8 Å². The molecule has 0 aliphatic heterocycles. The molecule has 26 heavy (non-hydrogen) atoms. The highest BCUT2D eigenvalue weighted by molar-refractivity contribution is 6.32. The molecule has 9 heteroatoms. The number of hydrogen-bond donors (Lipinski definition) is 2. The Morgan fingerprint density at radius 1 is 1.31 bits per heavy atom. The number of hydrogen-bond acceptors (Lipinski definition) is 5. The van der Waals surface area contributed by atoms with Crippen molar-refractivity contribution >= 4 is 29.2 Å². The number of halogens is 1. The van der Waals surface area contributed by atoms with Crippen LogP contribution in [-0.4, -0.2) is 33.4 Å². The first-order valence-electron chi connectivity index (χ1n) is 7.94. The minimum atomic E-state index is -1.12. The third-order valence-electron chi connectivity index (χ3n) is 3.36. The Kier molecular flexibility index (Phi) is 6.74. The molecule has 1 amide bonds. The molecule has 1 heterocycles. The molecular weight excluding hydrogens is 362 g/mol. The molecule has 0 bridgehead atoms. The van der Waals surface area contributed by atoms with Crippen LogP contribution in [0.5, 0.6) is 5.75 Å². The van der Waals surface area contributed by atoms with Gasteiger partial charge in [-0.25, -0.2) is 9.48 Å². The Hall–Kier alpha value is -2.87. The second-order valence-corrected chi connectivity index (χ2v) is 5.82. The number of ether oxygens (including phenoxy) is 1. The van der Waals surface area contributed by atoms with E-state index in [2.05, 4.69) is 10.4 Å². The third-order valence-corrected chi connectivity index (χ3v) is 3.66. The van der Waals surface area contributed by atoms with Gasteiger partial charge in [0.05, 0.1) is 5.02 Å². The predicted octanol–water partition coefficient (Wildman–Crippen LogP) is 2.41. The molecule has 0 spiro atoms. The highest BCUT2D eigenvalue weighted by Gasteiger charge is 2.12. The number of rotatable bonds is 8. The number of nitrogens with zero attached hydrogens (tertiary/aromatic N) is 2. The zero-order valence-electron chi connectivity index (χ0n) is 14.1. The summed E-state index contributed by atoms with van der Waals surface area (Å²) in [7, 11) is 0. The summed E-state index contributed by atoms with van der Waals surface area (Å²) < 4.78 is 6.27. The maximum atomic E-state index is 12.3. The zero-order valence-corrected chi connectivity index (χ0v) is 14.8. The number of amides is 1. The minimum absolute atomic E-state index is 0.100. The molecule has 2 rings (SSSR count). The summed E-state index contributed by atoms with van der Waals surface area (Å²) in [5.74, 6) is -1.42. The second-order valence-electron chi connectivity index (χ2n) is 5.42. The van der Waals surface area contributed by atoms with Gasteiger partial charge in [0.25, 0.3) is 11.5 Å². The van der Waals surface area contributed by atoms with E-state index in [-0.39, 0.29) is 22.0 Å². The SMILES string of the molecule is CCCCn1nc(C(=O)Nc2ccc(OCC(=O)O)c(Cl)c2)ccc1=O. The molecule has 8 nitrogen and oxygen atoms in total. The standard InChI is InChI=1S/C17H18ClN3O5/c1-2-3-8-21-15(22)7-5-13(20-21)17(25)19-11-4-6-14(12(18)9-11)26-10-16(23)24/h4-7,9H,2-3,8,10H2,1H3,(H,19,25)(H,23,24). The fourth-order valence-corrected chi connectivity index (χ4v) is 2.30. The Morgan fingerprint density at radius 2 is 2.08 bits per heavy atom. The topological polar surface area (TPSA) is 111 Å². The van der Waals surface area contributed by atoms with Crippen molar-refractivity contribution in [2.24, 2.45) is 0 Å². The van der Waals surface area contributed by atoms with Crippen LogP contribution >= 0.6 is 11.6 Å².